The fraction of sp³-hybridized carbons (Fsp3) is 0.618. The van der Waals surface area contributed by atoms with Gasteiger partial charge in [-0.05, 0) is 120 Å². The third kappa shape index (κ3) is 4.50. The molecule has 1 N–H and O–H groups in total. The highest BCUT2D eigenvalue weighted by Gasteiger charge is 2.62. The molecular formula is C34H45NO2. The highest BCUT2D eigenvalue weighted by atomic mass is 16.3. The Kier molecular flexibility index (Phi) is 6.73. The fourth-order valence-corrected chi connectivity index (χ4v) is 7.97. The van der Waals surface area contributed by atoms with Crippen molar-refractivity contribution in [3.63, 3.8) is 0 Å². The number of nitrogens with zero attached hydrogens (tertiary/aromatic N) is 1. The molecule has 1 aromatic rings. The summed E-state index contributed by atoms with van der Waals surface area (Å²) in [6.07, 6.45) is 8.21. The van der Waals surface area contributed by atoms with Crippen molar-refractivity contribution in [2.24, 2.45) is 22.7 Å². The van der Waals surface area contributed by atoms with E-state index in [1.165, 1.54) is 22.4 Å². The molecule has 1 aromatic carbocycles. The third-order valence-corrected chi connectivity index (χ3v) is 9.95. The molecule has 37 heavy (non-hydrogen) atoms. The largest absolute Gasteiger partial charge is 0.377 e. The Morgan fingerprint density at radius 2 is 1.76 bits per heavy atom. The van der Waals surface area contributed by atoms with E-state index in [1.807, 2.05) is 6.08 Å². The van der Waals surface area contributed by atoms with Crippen molar-refractivity contribution in [2.75, 3.05) is 18.0 Å². The predicted molar refractivity (Wildman–Crippen MR) is 152 cm³/mol. The Morgan fingerprint density at radius 1 is 1.05 bits per heavy atom. The normalized spacial score (nSPS) is 33.1. The Balaban J connectivity index is 1.63. The standard InChI is InChI=1S/C34H45NO2/c1-7-35(8-2)25-12-9-23(10-13-25)29-22-33(6)30(17-18-34(33,37)20-19-32(3,4)5)28-15-11-24-21-26(36)14-16-27(24)31(28)29/h9-10,12-13,21,28-30,37H,7-8,11,14-18,22H2,1-6H3/t28-,29+,30-,33-,34+/m0/s1. The first-order chi connectivity index (χ1) is 17.5. The Morgan fingerprint density at radius 3 is 2.41 bits per heavy atom. The van der Waals surface area contributed by atoms with Gasteiger partial charge >= 0.3 is 0 Å². The molecule has 0 unspecified atom stereocenters. The third-order valence-electron chi connectivity index (χ3n) is 9.95. The van der Waals surface area contributed by atoms with E-state index in [9.17, 15) is 9.90 Å². The minimum atomic E-state index is -0.959. The average molecular weight is 500 g/mol. The molecule has 5 rings (SSSR count). The lowest BCUT2D eigenvalue weighted by atomic mass is 9.51. The zero-order valence-electron chi connectivity index (χ0n) is 23.8. The molecule has 198 valence electrons. The first-order valence-electron chi connectivity index (χ1n) is 14.6. The highest BCUT2D eigenvalue weighted by molar-refractivity contribution is 5.93. The van der Waals surface area contributed by atoms with Crippen molar-refractivity contribution < 1.29 is 9.90 Å². The van der Waals surface area contributed by atoms with Crippen LogP contribution in [0.5, 0.6) is 0 Å². The lowest BCUT2D eigenvalue weighted by Crippen LogP contribution is -2.51. The zero-order valence-corrected chi connectivity index (χ0v) is 23.8. The molecule has 0 amide bonds. The number of hydrogen-bond donors (Lipinski definition) is 1. The molecular weight excluding hydrogens is 454 g/mol. The van der Waals surface area contributed by atoms with Crippen molar-refractivity contribution in [2.45, 2.75) is 98.0 Å². The number of ketones is 1. The van der Waals surface area contributed by atoms with Crippen LogP contribution >= 0.6 is 0 Å². The van der Waals surface area contributed by atoms with E-state index in [4.69, 9.17) is 0 Å². The Bertz CT molecular complexity index is 1180. The number of fused-ring (bicyclic) bond motifs is 4. The minimum absolute atomic E-state index is 0.134. The molecule has 0 spiro atoms. The van der Waals surface area contributed by atoms with Crippen LogP contribution in [-0.2, 0) is 4.79 Å². The van der Waals surface area contributed by atoms with Crippen LogP contribution in [0.15, 0.2) is 47.1 Å². The summed E-state index contributed by atoms with van der Waals surface area (Å²) in [5.41, 5.74) is 5.60. The summed E-state index contributed by atoms with van der Waals surface area (Å²) in [4.78, 5) is 14.7. The van der Waals surface area contributed by atoms with Gasteiger partial charge in [-0.15, -0.1) is 0 Å². The number of hydrogen-bond acceptors (Lipinski definition) is 3. The smallest absolute Gasteiger partial charge is 0.156 e. The van der Waals surface area contributed by atoms with Crippen molar-refractivity contribution in [1.82, 2.24) is 0 Å². The van der Waals surface area contributed by atoms with Crippen molar-refractivity contribution in [1.29, 1.82) is 0 Å². The Labute approximate surface area is 224 Å². The number of carbonyl (C=O) groups is 1. The molecule has 0 bridgehead atoms. The number of allylic oxidation sites excluding steroid dienone is 4. The van der Waals surface area contributed by atoms with Crippen LogP contribution in [0, 0.1) is 34.5 Å². The number of aliphatic hydroxyl groups is 1. The summed E-state index contributed by atoms with van der Waals surface area (Å²) in [6.45, 7) is 15.1. The first-order valence-corrected chi connectivity index (χ1v) is 14.6. The maximum absolute atomic E-state index is 12.3. The second-order valence-electron chi connectivity index (χ2n) is 13.2. The van der Waals surface area contributed by atoms with Gasteiger partial charge in [-0.1, -0.05) is 36.5 Å². The first kappa shape index (κ1) is 26.3. The van der Waals surface area contributed by atoms with E-state index in [1.54, 1.807) is 5.57 Å². The lowest BCUT2D eigenvalue weighted by Gasteiger charge is -2.53. The summed E-state index contributed by atoms with van der Waals surface area (Å²) < 4.78 is 0. The van der Waals surface area contributed by atoms with Crippen LogP contribution in [0.1, 0.15) is 98.0 Å². The zero-order chi connectivity index (χ0) is 26.6. The monoisotopic (exact) mass is 499 g/mol. The molecule has 4 aliphatic carbocycles. The minimum Gasteiger partial charge on any atom is -0.377 e. The van der Waals surface area contributed by atoms with Crippen molar-refractivity contribution in [3.05, 3.63) is 52.6 Å². The second kappa shape index (κ2) is 9.46. The van der Waals surface area contributed by atoms with Gasteiger partial charge < -0.3 is 10.0 Å². The molecule has 0 aliphatic heterocycles. The van der Waals surface area contributed by atoms with Gasteiger partial charge in [0, 0.05) is 41.9 Å². The van der Waals surface area contributed by atoms with Gasteiger partial charge in [0.2, 0.25) is 0 Å². The molecule has 0 aromatic heterocycles. The summed E-state index contributed by atoms with van der Waals surface area (Å²) in [6, 6.07) is 9.21. The van der Waals surface area contributed by atoms with Gasteiger partial charge in [-0.3, -0.25) is 4.79 Å². The van der Waals surface area contributed by atoms with Gasteiger partial charge in [0.15, 0.2) is 5.78 Å². The lowest BCUT2D eigenvalue weighted by molar-refractivity contribution is -0.114. The van der Waals surface area contributed by atoms with E-state index in [-0.39, 0.29) is 22.5 Å². The SMILES string of the molecule is CCN(CC)c1ccc([C@H]2C[C@@]3(C)[C@@H](CC[C@@]3(O)C#CC(C)(C)C)[C@@H]3CCC4=CC(=O)CCC4=C32)cc1. The molecule has 5 atom stereocenters. The van der Waals surface area contributed by atoms with E-state index in [2.05, 4.69) is 82.5 Å². The maximum atomic E-state index is 12.3. The van der Waals surface area contributed by atoms with Gasteiger partial charge in [-0.25, -0.2) is 0 Å². The molecule has 3 nitrogen and oxygen atoms in total. The van der Waals surface area contributed by atoms with Crippen LogP contribution < -0.4 is 4.90 Å². The number of benzene rings is 1. The van der Waals surface area contributed by atoms with Gasteiger partial charge in [0.25, 0.3) is 0 Å². The van der Waals surface area contributed by atoms with Crippen LogP contribution in [0.25, 0.3) is 0 Å². The number of carbonyl (C=O) groups excluding carboxylic acids is 1. The second-order valence-corrected chi connectivity index (χ2v) is 13.2. The Hall–Kier alpha value is -2.31. The quantitative estimate of drug-likeness (QED) is 0.445. The van der Waals surface area contributed by atoms with Crippen molar-refractivity contribution >= 4 is 11.5 Å². The molecule has 4 aliphatic rings. The molecule has 2 saturated carbocycles. The maximum Gasteiger partial charge on any atom is 0.156 e. The van der Waals surface area contributed by atoms with Gasteiger partial charge in [0.05, 0.1) is 0 Å². The van der Waals surface area contributed by atoms with Crippen LogP contribution in [0.4, 0.5) is 5.69 Å². The van der Waals surface area contributed by atoms with Crippen LogP contribution in [0.3, 0.4) is 0 Å². The van der Waals surface area contributed by atoms with E-state index in [0.29, 0.717) is 18.3 Å². The predicted octanol–water partition coefficient (Wildman–Crippen LogP) is 7.21. The molecule has 3 heteroatoms. The summed E-state index contributed by atoms with van der Waals surface area (Å²) in [5.74, 6) is 8.27. The highest BCUT2D eigenvalue weighted by Crippen LogP contribution is 2.66. The number of rotatable bonds is 4. The fourth-order valence-electron chi connectivity index (χ4n) is 7.97. The van der Waals surface area contributed by atoms with Crippen LogP contribution in [-0.4, -0.2) is 29.6 Å². The van der Waals surface area contributed by atoms with Crippen molar-refractivity contribution in [3.8, 4) is 11.8 Å². The van der Waals surface area contributed by atoms with Gasteiger partial charge in [0.1, 0.15) is 5.60 Å². The van der Waals surface area contributed by atoms with Gasteiger partial charge in [-0.2, -0.15) is 0 Å². The van der Waals surface area contributed by atoms with E-state index in [0.717, 1.165) is 51.6 Å². The summed E-state index contributed by atoms with van der Waals surface area (Å²) in [5, 5.41) is 12.2. The van der Waals surface area contributed by atoms with Crippen LogP contribution in [0.2, 0.25) is 0 Å². The number of anilines is 1. The topological polar surface area (TPSA) is 40.5 Å². The summed E-state index contributed by atoms with van der Waals surface area (Å²) in [7, 11) is 0. The van der Waals surface area contributed by atoms with E-state index < -0.39 is 5.60 Å². The molecule has 0 saturated heterocycles. The average Bonchev–Trinajstić information content (AvgIpc) is 3.13. The molecule has 2 fully saturated rings. The molecule has 0 heterocycles. The van der Waals surface area contributed by atoms with E-state index >= 15 is 0 Å². The summed E-state index contributed by atoms with van der Waals surface area (Å²) >= 11 is 0. The molecule has 0 radical (unpaired) electrons.